The molecule has 0 amide bonds. The summed E-state index contributed by atoms with van der Waals surface area (Å²) in [7, 11) is 0. The van der Waals surface area contributed by atoms with Crippen LogP contribution in [0.5, 0.6) is 0 Å². The number of hydrogen-bond donors (Lipinski definition) is 0. The van der Waals surface area contributed by atoms with Crippen molar-refractivity contribution in [2.45, 2.75) is 6.43 Å². The first-order valence-electron chi connectivity index (χ1n) is 3.04. The van der Waals surface area contributed by atoms with Crippen LogP contribution in [-0.2, 0) is 0 Å². The van der Waals surface area contributed by atoms with E-state index in [2.05, 4.69) is 4.98 Å². The Morgan fingerprint density at radius 1 is 1.58 bits per heavy atom. The van der Waals surface area contributed by atoms with Gasteiger partial charge in [0.05, 0.1) is 5.56 Å². The lowest BCUT2D eigenvalue weighted by Gasteiger charge is -2.03. The van der Waals surface area contributed by atoms with Crippen LogP contribution < -0.4 is 0 Å². The Kier molecular flexibility index (Phi) is 2.70. The van der Waals surface area contributed by atoms with Crippen molar-refractivity contribution in [3.05, 3.63) is 28.5 Å². The first-order chi connectivity index (χ1) is 5.66. The summed E-state index contributed by atoms with van der Waals surface area (Å²) in [6, 6.07) is 1.19. The summed E-state index contributed by atoms with van der Waals surface area (Å²) in [5, 5.41) is -0.324. The van der Waals surface area contributed by atoms with Gasteiger partial charge in [0.15, 0.2) is 6.29 Å². The van der Waals surface area contributed by atoms with Crippen molar-refractivity contribution in [2.24, 2.45) is 0 Å². The van der Waals surface area contributed by atoms with E-state index in [4.69, 9.17) is 11.6 Å². The van der Waals surface area contributed by atoms with E-state index in [0.29, 0.717) is 6.29 Å². The van der Waals surface area contributed by atoms with Gasteiger partial charge in [0, 0.05) is 11.8 Å². The van der Waals surface area contributed by atoms with Crippen LogP contribution in [-0.4, -0.2) is 11.3 Å². The topological polar surface area (TPSA) is 30.0 Å². The van der Waals surface area contributed by atoms with Crippen molar-refractivity contribution in [3.8, 4) is 0 Å². The summed E-state index contributed by atoms with van der Waals surface area (Å²) in [6.07, 6.45) is -1.24. The third kappa shape index (κ3) is 1.58. The molecule has 1 heterocycles. The summed E-state index contributed by atoms with van der Waals surface area (Å²) in [6.45, 7) is 0. The highest BCUT2D eigenvalue weighted by atomic mass is 35.5. The molecule has 0 fully saturated rings. The molecule has 1 aromatic heterocycles. The third-order valence-electron chi connectivity index (χ3n) is 1.32. The molecule has 0 aliphatic heterocycles. The number of pyridine rings is 1. The zero-order valence-electron chi connectivity index (χ0n) is 5.80. The molecule has 12 heavy (non-hydrogen) atoms. The van der Waals surface area contributed by atoms with Gasteiger partial charge in [0.1, 0.15) is 5.15 Å². The highest BCUT2D eigenvalue weighted by molar-refractivity contribution is 6.30. The number of aldehydes is 1. The Labute approximate surface area is 72.2 Å². The lowest BCUT2D eigenvalue weighted by atomic mass is 10.2. The normalized spacial score (nSPS) is 10.3. The van der Waals surface area contributed by atoms with E-state index >= 15 is 0 Å². The molecule has 0 radical (unpaired) electrons. The van der Waals surface area contributed by atoms with Crippen molar-refractivity contribution >= 4 is 17.9 Å². The molecule has 0 aliphatic carbocycles. The van der Waals surface area contributed by atoms with Gasteiger partial charge in [-0.1, -0.05) is 11.6 Å². The molecule has 5 heteroatoms. The number of hydrogen-bond acceptors (Lipinski definition) is 2. The van der Waals surface area contributed by atoms with Crippen LogP contribution in [0.4, 0.5) is 8.78 Å². The SMILES string of the molecule is O=Cc1ccnc(Cl)c1C(F)F. The van der Waals surface area contributed by atoms with Crippen molar-refractivity contribution in [3.63, 3.8) is 0 Å². The van der Waals surface area contributed by atoms with Crippen LogP contribution in [0, 0.1) is 0 Å². The van der Waals surface area contributed by atoms with E-state index in [1.54, 1.807) is 0 Å². The maximum atomic E-state index is 12.2. The predicted molar refractivity (Wildman–Crippen MR) is 39.6 cm³/mol. The molecule has 64 valence electrons. The molecule has 0 spiro atoms. The Bertz CT molecular complexity index is 303. The lowest BCUT2D eigenvalue weighted by Crippen LogP contribution is -1.95. The molecule has 0 saturated heterocycles. The number of alkyl halides is 2. The molecule has 0 N–H and O–H groups in total. The quantitative estimate of drug-likeness (QED) is 0.531. The highest BCUT2D eigenvalue weighted by Crippen LogP contribution is 2.27. The van der Waals surface area contributed by atoms with Gasteiger partial charge >= 0.3 is 0 Å². The summed E-state index contributed by atoms with van der Waals surface area (Å²) >= 11 is 5.35. The lowest BCUT2D eigenvalue weighted by molar-refractivity contribution is 0.110. The van der Waals surface area contributed by atoms with Crippen LogP contribution in [0.1, 0.15) is 22.3 Å². The summed E-state index contributed by atoms with van der Waals surface area (Å²) in [5.41, 5.74) is -0.626. The zero-order valence-corrected chi connectivity index (χ0v) is 6.55. The Morgan fingerprint density at radius 3 is 2.67 bits per heavy atom. The summed E-state index contributed by atoms with van der Waals surface area (Å²) < 4.78 is 24.4. The maximum absolute atomic E-state index is 12.2. The van der Waals surface area contributed by atoms with Crippen LogP contribution in [0.15, 0.2) is 12.3 Å². The molecule has 0 aliphatic rings. The highest BCUT2D eigenvalue weighted by Gasteiger charge is 2.16. The van der Waals surface area contributed by atoms with Crippen molar-refractivity contribution in [1.29, 1.82) is 0 Å². The van der Waals surface area contributed by atoms with Gasteiger partial charge in [-0.2, -0.15) is 0 Å². The van der Waals surface area contributed by atoms with Gasteiger partial charge in [0.25, 0.3) is 6.43 Å². The van der Waals surface area contributed by atoms with E-state index in [1.807, 2.05) is 0 Å². The van der Waals surface area contributed by atoms with Gasteiger partial charge in [-0.05, 0) is 6.07 Å². The number of carbonyl (C=O) groups is 1. The van der Waals surface area contributed by atoms with E-state index in [0.717, 1.165) is 0 Å². The average Bonchev–Trinajstić information content (AvgIpc) is 2.03. The fraction of sp³-hybridized carbons (Fsp3) is 0.143. The molecule has 0 atom stereocenters. The predicted octanol–water partition coefficient (Wildman–Crippen LogP) is 2.49. The monoisotopic (exact) mass is 191 g/mol. The fourth-order valence-corrected chi connectivity index (χ4v) is 1.03. The minimum Gasteiger partial charge on any atom is -0.298 e. The number of halogens is 3. The standard InChI is InChI=1S/C7H4ClF2NO/c8-6-5(7(9)10)4(3-12)1-2-11-6/h1-3,7H. The molecule has 1 aromatic rings. The number of rotatable bonds is 2. The minimum atomic E-state index is -2.77. The van der Waals surface area contributed by atoms with Gasteiger partial charge in [-0.15, -0.1) is 0 Å². The smallest absolute Gasteiger partial charge is 0.267 e. The molecule has 2 nitrogen and oxygen atoms in total. The number of carbonyl (C=O) groups excluding carboxylic acids is 1. The van der Waals surface area contributed by atoms with E-state index in [9.17, 15) is 13.6 Å². The third-order valence-corrected chi connectivity index (χ3v) is 1.62. The van der Waals surface area contributed by atoms with Gasteiger partial charge < -0.3 is 0 Å². The number of aromatic nitrogens is 1. The second-order valence-corrected chi connectivity index (χ2v) is 2.38. The van der Waals surface area contributed by atoms with Crippen LogP contribution in [0.25, 0.3) is 0 Å². The van der Waals surface area contributed by atoms with Crippen LogP contribution in [0.2, 0.25) is 5.15 Å². The van der Waals surface area contributed by atoms with Crippen molar-refractivity contribution < 1.29 is 13.6 Å². The van der Waals surface area contributed by atoms with Crippen molar-refractivity contribution in [1.82, 2.24) is 4.98 Å². The number of nitrogens with zero attached hydrogens (tertiary/aromatic N) is 1. The molecule has 0 unspecified atom stereocenters. The van der Waals surface area contributed by atoms with Crippen LogP contribution >= 0.6 is 11.6 Å². The van der Waals surface area contributed by atoms with E-state index in [-0.39, 0.29) is 10.7 Å². The van der Waals surface area contributed by atoms with E-state index < -0.39 is 12.0 Å². The second kappa shape index (κ2) is 3.58. The molecular weight excluding hydrogens is 188 g/mol. The molecule has 1 rings (SSSR count). The van der Waals surface area contributed by atoms with Gasteiger partial charge in [-0.25, -0.2) is 13.8 Å². The first kappa shape index (κ1) is 9.06. The Morgan fingerprint density at radius 2 is 2.25 bits per heavy atom. The van der Waals surface area contributed by atoms with Gasteiger partial charge in [-0.3, -0.25) is 4.79 Å². The van der Waals surface area contributed by atoms with Crippen molar-refractivity contribution in [2.75, 3.05) is 0 Å². The molecular formula is C7H4ClF2NO. The minimum absolute atomic E-state index is 0.120. The van der Waals surface area contributed by atoms with Crippen LogP contribution in [0.3, 0.4) is 0 Å². The van der Waals surface area contributed by atoms with Gasteiger partial charge in [0.2, 0.25) is 0 Å². The first-order valence-corrected chi connectivity index (χ1v) is 3.42. The summed E-state index contributed by atoms with van der Waals surface area (Å²) in [4.78, 5) is 13.7. The Balaban J connectivity index is 3.29. The van der Waals surface area contributed by atoms with E-state index in [1.165, 1.54) is 12.3 Å². The fourth-order valence-electron chi connectivity index (χ4n) is 0.780. The maximum Gasteiger partial charge on any atom is 0.267 e. The molecule has 0 aromatic carbocycles. The average molecular weight is 192 g/mol. The molecule has 0 saturated carbocycles. The zero-order chi connectivity index (χ0) is 9.14. The largest absolute Gasteiger partial charge is 0.298 e. The Hall–Kier alpha value is -1.03. The second-order valence-electron chi connectivity index (χ2n) is 2.02. The molecule has 0 bridgehead atoms. The summed E-state index contributed by atoms with van der Waals surface area (Å²) in [5.74, 6) is 0.